The standard InChI is InChI=1S/C21H15NO/c1-13-5-4-7-15-11-16-12-22-19-17-8-3-2-6-14(17)9-10-18(19)21(16)23-20(13)15/h2-10,12H,11H2,1H3. The number of hydrogen-bond acceptors (Lipinski definition) is 2. The lowest BCUT2D eigenvalue weighted by Gasteiger charge is -2.23. The third kappa shape index (κ3) is 1.78. The number of nitrogens with zero attached hydrogens (tertiary/aromatic N) is 1. The molecule has 1 aliphatic rings. The van der Waals surface area contributed by atoms with Gasteiger partial charge in [-0.3, -0.25) is 4.98 Å². The van der Waals surface area contributed by atoms with E-state index < -0.39 is 0 Å². The molecule has 0 atom stereocenters. The van der Waals surface area contributed by atoms with Crippen molar-refractivity contribution in [3.63, 3.8) is 0 Å². The Bertz CT molecular complexity index is 1080. The van der Waals surface area contributed by atoms with Crippen molar-refractivity contribution < 1.29 is 4.74 Å². The number of hydrogen-bond donors (Lipinski definition) is 0. The molecule has 1 aliphatic heterocycles. The second-order valence-electron chi connectivity index (χ2n) is 6.14. The van der Waals surface area contributed by atoms with Crippen LogP contribution in [0.5, 0.6) is 11.5 Å². The largest absolute Gasteiger partial charge is 0.456 e. The van der Waals surface area contributed by atoms with E-state index in [1.165, 1.54) is 21.9 Å². The highest BCUT2D eigenvalue weighted by Crippen LogP contribution is 2.42. The number of aromatic nitrogens is 1. The van der Waals surface area contributed by atoms with Gasteiger partial charge in [-0.15, -0.1) is 0 Å². The maximum atomic E-state index is 6.33. The molecule has 2 heterocycles. The SMILES string of the molecule is Cc1cccc2c1Oc1c(cnc3c1ccc1ccccc13)C2. The lowest BCUT2D eigenvalue weighted by molar-refractivity contribution is 0.461. The minimum absolute atomic E-state index is 0.877. The predicted molar refractivity (Wildman–Crippen MR) is 93.3 cm³/mol. The fourth-order valence-corrected chi connectivity index (χ4v) is 3.50. The first kappa shape index (κ1) is 12.7. The van der Waals surface area contributed by atoms with Crippen LogP contribution in [0.2, 0.25) is 0 Å². The Kier molecular flexibility index (Phi) is 2.51. The Morgan fingerprint density at radius 1 is 0.826 bits per heavy atom. The molecule has 0 N–H and O–H groups in total. The molecule has 0 saturated carbocycles. The quantitative estimate of drug-likeness (QED) is 0.357. The minimum Gasteiger partial charge on any atom is -0.456 e. The van der Waals surface area contributed by atoms with Crippen LogP contribution in [0.3, 0.4) is 0 Å². The van der Waals surface area contributed by atoms with Gasteiger partial charge in [0.2, 0.25) is 0 Å². The van der Waals surface area contributed by atoms with Crippen molar-refractivity contribution in [2.24, 2.45) is 0 Å². The molecule has 0 radical (unpaired) electrons. The van der Waals surface area contributed by atoms with Gasteiger partial charge in [-0.1, -0.05) is 48.5 Å². The van der Waals surface area contributed by atoms with Crippen molar-refractivity contribution in [3.8, 4) is 11.5 Å². The Balaban J connectivity index is 1.82. The Morgan fingerprint density at radius 3 is 2.70 bits per heavy atom. The van der Waals surface area contributed by atoms with Crippen molar-refractivity contribution in [2.45, 2.75) is 13.3 Å². The molecule has 0 aliphatic carbocycles. The van der Waals surface area contributed by atoms with Crippen LogP contribution < -0.4 is 4.74 Å². The number of rotatable bonds is 0. The Morgan fingerprint density at radius 2 is 1.74 bits per heavy atom. The van der Waals surface area contributed by atoms with Crippen molar-refractivity contribution >= 4 is 21.7 Å². The van der Waals surface area contributed by atoms with Gasteiger partial charge in [-0.25, -0.2) is 0 Å². The van der Waals surface area contributed by atoms with Crippen LogP contribution in [0.25, 0.3) is 21.7 Å². The zero-order chi connectivity index (χ0) is 15.4. The fourth-order valence-electron chi connectivity index (χ4n) is 3.50. The lowest BCUT2D eigenvalue weighted by atomic mass is 9.96. The van der Waals surface area contributed by atoms with Crippen LogP contribution in [0.1, 0.15) is 16.7 Å². The maximum absolute atomic E-state index is 6.33. The van der Waals surface area contributed by atoms with E-state index in [-0.39, 0.29) is 0 Å². The number of benzene rings is 3. The van der Waals surface area contributed by atoms with Crippen LogP contribution in [0, 0.1) is 6.92 Å². The molecule has 5 rings (SSSR count). The molecule has 23 heavy (non-hydrogen) atoms. The lowest BCUT2D eigenvalue weighted by Crippen LogP contribution is -2.05. The van der Waals surface area contributed by atoms with Gasteiger partial charge in [0.1, 0.15) is 11.5 Å². The molecule has 0 saturated heterocycles. The number of para-hydroxylation sites is 1. The van der Waals surface area contributed by atoms with Crippen molar-refractivity contribution in [1.82, 2.24) is 4.98 Å². The molecule has 0 bridgehead atoms. The van der Waals surface area contributed by atoms with Crippen molar-refractivity contribution in [1.29, 1.82) is 0 Å². The fraction of sp³-hybridized carbons (Fsp3) is 0.0952. The van der Waals surface area contributed by atoms with Crippen molar-refractivity contribution in [2.75, 3.05) is 0 Å². The molecular formula is C21H15NO. The zero-order valence-corrected chi connectivity index (χ0v) is 12.8. The molecule has 2 nitrogen and oxygen atoms in total. The zero-order valence-electron chi connectivity index (χ0n) is 12.8. The third-order valence-corrected chi connectivity index (χ3v) is 4.66. The highest BCUT2D eigenvalue weighted by molar-refractivity contribution is 6.07. The van der Waals surface area contributed by atoms with Crippen LogP contribution >= 0.6 is 0 Å². The van der Waals surface area contributed by atoms with Gasteiger partial charge >= 0.3 is 0 Å². The Hall–Kier alpha value is -2.87. The maximum Gasteiger partial charge on any atom is 0.141 e. The number of aryl methyl sites for hydroxylation is 1. The summed E-state index contributed by atoms with van der Waals surface area (Å²) in [6.07, 6.45) is 2.84. The first-order valence-corrected chi connectivity index (χ1v) is 7.87. The second-order valence-corrected chi connectivity index (χ2v) is 6.14. The first-order chi connectivity index (χ1) is 11.3. The monoisotopic (exact) mass is 297 g/mol. The van der Waals surface area contributed by atoms with E-state index in [9.17, 15) is 0 Å². The molecule has 0 spiro atoms. The predicted octanol–water partition coefficient (Wildman–Crippen LogP) is 5.39. The summed E-state index contributed by atoms with van der Waals surface area (Å²) in [7, 11) is 0. The highest BCUT2D eigenvalue weighted by atomic mass is 16.5. The van der Waals surface area contributed by atoms with Crippen LogP contribution in [-0.2, 0) is 6.42 Å². The summed E-state index contributed by atoms with van der Waals surface area (Å²) in [6.45, 7) is 2.10. The molecule has 2 heteroatoms. The average Bonchev–Trinajstić information content (AvgIpc) is 2.60. The summed E-state index contributed by atoms with van der Waals surface area (Å²) in [4.78, 5) is 4.74. The molecule has 3 aromatic carbocycles. The smallest absolute Gasteiger partial charge is 0.141 e. The van der Waals surface area contributed by atoms with Gasteiger partial charge in [0.05, 0.1) is 5.52 Å². The van der Waals surface area contributed by atoms with Gasteiger partial charge in [0.25, 0.3) is 0 Å². The third-order valence-electron chi connectivity index (χ3n) is 4.66. The molecule has 1 aromatic heterocycles. The van der Waals surface area contributed by atoms with Crippen LogP contribution in [0.15, 0.2) is 60.8 Å². The van der Waals surface area contributed by atoms with E-state index in [1.54, 1.807) is 0 Å². The van der Waals surface area contributed by atoms with Gasteiger partial charge < -0.3 is 4.74 Å². The molecular weight excluding hydrogens is 282 g/mol. The molecule has 0 fully saturated rings. The summed E-state index contributed by atoms with van der Waals surface area (Å²) in [6, 6.07) is 19.0. The van der Waals surface area contributed by atoms with E-state index in [0.717, 1.165) is 34.4 Å². The van der Waals surface area contributed by atoms with Gasteiger partial charge in [0, 0.05) is 29.0 Å². The van der Waals surface area contributed by atoms with E-state index in [2.05, 4.69) is 61.5 Å². The van der Waals surface area contributed by atoms with E-state index in [0.29, 0.717) is 0 Å². The summed E-state index contributed by atoms with van der Waals surface area (Å²) in [5.41, 5.74) is 4.59. The Labute approximate surface area is 134 Å². The summed E-state index contributed by atoms with van der Waals surface area (Å²) in [5, 5.41) is 3.47. The van der Waals surface area contributed by atoms with E-state index >= 15 is 0 Å². The van der Waals surface area contributed by atoms with Gasteiger partial charge in [-0.05, 0) is 29.5 Å². The number of fused-ring (bicyclic) bond motifs is 6. The number of ether oxygens (including phenoxy) is 1. The van der Waals surface area contributed by atoms with Gasteiger partial charge in [0.15, 0.2) is 0 Å². The molecule has 110 valence electrons. The average molecular weight is 297 g/mol. The molecule has 0 amide bonds. The minimum atomic E-state index is 0.877. The van der Waals surface area contributed by atoms with Gasteiger partial charge in [-0.2, -0.15) is 0 Å². The summed E-state index contributed by atoms with van der Waals surface area (Å²) in [5.74, 6) is 1.96. The molecule has 4 aromatic rings. The van der Waals surface area contributed by atoms with E-state index in [1.807, 2.05) is 6.20 Å². The second kappa shape index (κ2) is 4.56. The first-order valence-electron chi connectivity index (χ1n) is 7.87. The molecule has 0 unspecified atom stereocenters. The van der Waals surface area contributed by atoms with Crippen LogP contribution in [0.4, 0.5) is 0 Å². The normalized spacial score (nSPS) is 12.7. The van der Waals surface area contributed by atoms with Crippen molar-refractivity contribution in [3.05, 3.63) is 77.5 Å². The summed E-state index contributed by atoms with van der Waals surface area (Å²) < 4.78 is 6.33. The van der Waals surface area contributed by atoms with Crippen LogP contribution in [-0.4, -0.2) is 4.98 Å². The topological polar surface area (TPSA) is 22.1 Å². The van der Waals surface area contributed by atoms with E-state index in [4.69, 9.17) is 9.72 Å². The number of pyridine rings is 1. The highest BCUT2D eigenvalue weighted by Gasteiger charge is 2.21. The summed E-state index contributed by atoms with van der Waals surface area (Å²) >= 11 is 0.